The molecule has 0 spiro atoms. The second-order valence-corrected chi connectivity index (χ2v) is 9.73. The number of amides is 1. The Labute approximate surface area is 223 Å². The van der Waals surface area contributed by atoms with Gasteiger partial charge in [0.15, 0.2) is 0 Å². The van der Waals surface area contributed by atoms with Crippen molar-refractivity contribution < 1.29 is 19.0 Å². The number of carbonyl (C=O) groups excluding carboxylic acids is 1. The van der Waals surface area contributed by atoms with E-state index >= 15 is 0 Å². The fourth-order valence-electron chi connectivity index (χ4n) is 3.46. The molecule has 0 saturated carbocycles. The summed E-state index contributed by atoms with van der Waals surface area (Å²) < 4.78 is 16.7. The van der Waals surface area contributed by atoms with Gasteiger partial charge in [-0.3, -0.25) is 20.1 Å². The molecule has 0 bridgehead atoms. The summed E-state index contributed by atoms with van der Waals surface area (Å²) in [5.41, 5.74) is 3.36. The number of ether oxygens (including phenoxy) is 3. The summed E-state index contributed by atoms with van der Waals surface area (Å²) in [4.78, 5) is 26.0. The number of carbonyl (C=O) groups is 1. The van der Waals surface area contributed by atoms with Crippen LogP contribution in [0, 0.1) is 6.92 Å². The van der Waals surface area contributed by atoms with Crippen LogP contribution in [-0.4, -0.2) is 45.3 Å². The van der Waals surface area contributed by atoms with Crippen molar-refractivity contribution in [3.05, 3.63) is 70.5 Å². The molecule has 4 heterocycles. The van der Waals surface area contributed by atoms with Gasteiger partial charge in [-0.05, 0) is 55.9 Å². The van der Waals surface area contributed by atoms with Crippen molar-refractivity contribution in [2.75, 3.05) is 19.5 Å². The molecule has 0 aliphatic carbocycles. The number of rotatable bonds is 9. The molecule has 12 heteroatoms. The van der Waals surface area contributed by atoms with Gasteiger partial charge in [0.1, 0.15) is 17.5 Å². The van der Waals surface area contributed by atoms with E-state index in [1.54, 1.807) is 38.6 Å². The number of nitrogens with zero attached hydrogens (tertiary/aromatic N) is 5. The molecule has 0 saturated heterocycles. The largest absolute Gasteiger partial charge is 0.494 e. The lowest BCUT2D eigenvalue weighted by molar-refractivity contribution is 0.0189. The number of hydrogen-bond acceptors (Lipinski definition) is 10. The highest BCUT2D eigenvalue weighted by atomic mass is 35.5. The molecule has 37 heavy (non-hydrogen) atoms. The van der Waals surface area contributed by atoms with E-state index in [1.165, 1.54) is 13.3 Å². The Balaban J connectivity index is 1.48. The van der Waals surface area contributed by atoms with E-state index in [0.29, 0.717) is 27.8 Å². The van der Waals surface area contributed by atoms with Gasteiger partial charge >= 0.3 is 0 Å². The summed E-state index contributed by atoms with van der Waals surface area (Å²) in [5.74, 6) is 0.0260. The zero-order valence-electron chi connectivity index (χ0n) is 20.9. The van der Waals surface area contributed by atoms with Crippen LogP contribution in [0.5, 0.6) is 10.9 Å². The molecular weight excluding hydrogens is 516 g/mol. The van der Waals surface area contributed by atoms with Crippen LogP contribution in [0.2, 0.25) is 5.15 Å². The first-order valence-electron chi connectivity index (χ1n) is 11.2. The predicted octanol–water partition coefficient (Wildman–Crippen LogP) is 5.07. The molecule has 0 fully saturated rings. The second kappa shape index (κ2) is 11.2. The van der Waals surface area contributed by atoms with Crippen LogP contribution >= 0.6 is 22.9 Å². The van der Waals surface area contributed by atoms with Crippen LogP contribution in [0.15, 0.2) is 42.9 Å². The molecule has 0 aliphatic heterocycles. The lowest BCUT2D eigenvalue weighted by atomic mass is 9.99. The minimum Gasteiger partial charge on any atom is -0.494 e. The Kier molecular flexibility index (Phi) is 7.96. The normalized spacial score (nSPS) is 11.3. The van der Waals surface area contributed by atoms with Crippen LogP contribution in [-0.2, 0) is 16.9 Å². The molecule has 1 N–H and O–H groups in total. The number of pyridine rings is 3. The topological polar surface area (TPSA) is 121 Å². The standard InChI is InChI=1S/C25H25ClN6O4S/c1-14-21(34-4)20(15-8-9-27-19(26)10-15)18(12-28-14)22(33)30-23-31-32-24(37-23)36-13-17-7-6-16(11-29-17)25(2,3)35-5/h6-12H,13H2,1-5H3,(H,30,31,33). The number of aryl methyl sites for hydroxylation is 1. The van der Waals surface area contributed by atoms with E-state index in [4.69, 9.17) is 25.8 Å². The van der Waals surface area contributed by atoms with Crippen LogP contribution < -0.4 is 14.8 Å². The summed E-state index contributed by atoms with van der Waals surface area (Å²) in [6, 6.07) is 7.21. The SMILES string of the molecule is COc1c(C)ncc(C(=O)Nc2nnc(OCc3ccc(C(C)(C)OC)cn3)s2)c1-c1ccnc(Cl)c1. The van der Waals surface area contributed by atoms with E-state index < -0.39 is 11.5 Å². The zero-order valence-corrected chi connectivity index (χ0v) is 22.5. The Morgan fingerprint density at radius 3 is 2.59 bits per heavy atom. The first kappa shape index (κ1) is 26.4. The van der Waals surface area contributed by atoms with Crippen molar-refractivity contribution in [2.24, 2.45) is 0 Å². The lowest BCUT2D eigenvalue weighted by Crippen LogP contribution is -2.19. The summed E-state index contributed by atoms with van der Waals surface area (Å²) in [5, 5.41) is 11.6. The molecule has 0 atom stereocenters. The summed E-state index contributed by atoms with van der Waals surface area (Å²) in [6.45, 7) is 5.93. The molecular formula is C25H25ClN6O4S. The average Bonchev–Trinajstić information content (AvgIpc) is 3.34. The molecule has 4 rings (SSSR count). The minimum atomic E-state index is -0.436. The smallest absolute Gasteiger partial charge is 0.296 e. The van der Waals surface area contributed by atoms with E-state index in [-0.39, 0.29) is 22.5 Å². The van der Waals surface area contributed by atoms with Gasteiger partial charge in [-0.15, -0.1) is 5.10 Å². The number of nitrogens with one attached hydrogen (secondary N) is 1. The maximum Gasteiger partial charge on any atom is 0.296 e. The molecule has 0 aromatic carbocycles. The third kappa shape index (κ3) is 6.01. The monoisotopic (exact) mass is 540 g/mol. The number of anilines is 1. The van der Waals surface area contributed by atoms with E-state index in [0.717, 1.165) is 22.6 Å². The molecule has 4 aromatic heterocycles. The quantitative estimate of drug-likeness (QED) is 0.290. The van der Waals surface area contributed by atoms with Gasteiger partial charge in [0.05, 0.1) is 29.7 Å². The number of aromatic nitrogens is 5. The lowest BCUT2D eigenvalue weighted by Gasteiger charge is -2.23. The van der Waals surface area contributed by atoms with Crippen LogP contribution in [0.25, 0.3) is 11.1 Å². The fraction of sp³-hybridized carbons (Fsp3) is 0.280. The third-order valence-corrected chi connectivity index (χ3v) is 6.63. The first-order valence-corrected chi connectivity index (χ1v) is 12.3. The van der Waals surface area contributed by atoms with Crippen molar-refractivity contribution in [1.29, 1.82) is 0 Å². The third-order valence-electron chi connectivity index (χ3n) is 5.68. The van der Waals surface area contributed by atoms with Crippen molar-refractivity contribution in [1.82, 2.24) is 25.1 Å². The maximum atomic E-state index is 13.2. The molecule has 0 radical (unpaired) electrons. The van der Waals surface area contributed by atoms with E-state index in [2.05, 4.69) is 30.5 Å². The molecule has 10 nitrogen and oxygen atoms in total. The van der Waals surface area contributed by atoms with Gasteiger partial charge in [-0.2, -0.15) is 0 Å². The summed E-state index contributed by atoms with van der Waals surface area (Å²) in [7, 11) is 3.18. The highest BCUT2D eigenvalue weighted by Crippen LogP contribution is 2.36. The van der Waals surface area contributed by atoms with Crippen molar-refractivity contribution in [3.63, 3.8) is 0 Å². The summed E-state index contributed by atoms with van der Waals surface area (Å²) in [6.07, 6.45) is 4.80. The average molecular weight is 541 g/mol. The first-order chi connectivity index (χ1) is 17.7. The van der Waals surface area contributed by atoms with Crippen molar-refractivity contribution in [3.8, 4) is 22.1 Å². The van der Waals surface area contributed by atoms with Gasteiger partial charge in [-0.1, -0.05) is 22.8 Å². The highest BCUT2D eigenvalue weighted by molar-refractivity contribution is 7.17. The van der Waals surface area contributed by atoms with Crippen LogP contribution in [0.1, 0.15) is 41.2 Å². The van der Waals surface area contributed by atoms with Gasteiger partial charge in [-0.25, -0.2) is 4.98 Å². The second-order valence-electron chi connectivity index (χ2n) is 8.40. The Morgan fingerprint density at radius 2 is 1.92 bits per heavy atom. The van der Waals surface area contributed by atoms with E-state index in [1.807, 2.05) is 26.0 Å². The molecule has 0 aliphatic rings. The molecule has 1 amide bonds. The van der Waals surface area contributed by atoms with Crippen molar-refractivity contribution in [2.45, 2.75) is 33.0 Å². The highest BCUT2D eigenvalue weighted by Gasteiger charge is 2.22. The van der Waals surface area contributed by atoms with Gasteiger partial charge in [0.25, 0.3) is 11.1 Å². The predicted molar refractivity (Wildman–Crippen MR) is 140 cm³/mol. The Hall–Kier alpha value is -3.67. The van der Waals surface area contributed by atoms with Gasteiger partial charge in [0, 0.05) is 36.8 Å². The van der Waals surface area contributed by atoms with Crippen LogP contribution in [0.3, 0.4) is 0 Å². The minimum absolute atomic E-state index is 0.197. The number of halogens is 1. The van der Waals surface area contributed by atoms with E-state index in [9.17, 15) is 4.79 Å². The van der Waals surface area contributed by atoms with Crippen molar-refractivity contribution >= 4 is 34.0 Å². The van der Waals surface area contributed by atoms with Gasteiger partial charge < -0.3 is 14.2 Å². The zero-order chi connectivity index (χ0) is 26.6. The molecule has 4 aromatic rings. The Morgan fingerprint density at radius 1 is 1.11 bits per heavy atom. The molecule has 192 valence electrons. The van der Waals surface area contributed by atoms with Crippen LogP contribution in [0.4, 0.5) is 5.13 Å². The fourth-order valence-corrected chi connectivity index (χ4v) is 4.22. The number of hydrogen-bond donors (Lipinski definition) is 1. The maximum absolute atomic E-state index is 13.2. The number of methoxy groups -OCH3 is 2. The van der Waals surface area contributed by atoms with Gasteiger partial charge in [0.2, 0.25) is 5.13 Å². The summed E-state index contributed by atoms with van der Waals surface area (Å²) >= 11 is 7.19. The Bertz CT molecular complexity index is 1410. The molecule has 0 unspecified atom stereocenters.